The van der Waals surface area contributed by atoms with Crippen LogP contribution in [0.1, 0.15) is 54.1 Å². The van der Waals surface area contributed by atoms with Crippen LogP contribution in [-0.2, 0) is 5.75 Å². The number of benzene rings is 2. The Balaban J connectivity index is 1.24. The van der Waals surface area contributed by atoms with Gasteiger partial charge < -0.3 is 10.2 Å². The molecule has 0 spiro atoms. The third-order valence-electron chi connectivity index (χ3n) is 6.41. The van der Waals surface area contributed by atoms with Crippen LogP contribution in [0.15, 0.2) is 65.7 Å². The van der Waals surface area contributed by atoms with Crippen molar-refractivity contribution in [3.8, 4) is 11.3 Å². The molecule has 178 valence electrons. The first-order valence-electron chi connectivity index (χ1n) is 12.2. The molecule has 0 saturated carbocycles. The molecular formula is C28H34N4OS. The average Bonchev–Trinajstić information content (AvgIpc) is 2.87. The molecular weight excluding hydrogens is 440 g/mol. The highest BCUT2D eigenvalue weighted by Crippen LogP contribution is 2.23. The molecule has 1 aliphatic rings. The van der Waals surface area contributed by atoms with Gasteiger partial charge in [-0.25, -0.2) is 0 Å². The number of aromatic nitrogens is 2. The van der Waals surface area contributed by atoms with Crippen molar-refractivity contribution < 1.29 is 4.79 Å². The first-order valence-corrected chi connectivity index (χ1v) is 13.2. The monoisotopic (exact) mass is 474 g/mol. The van der Waals surface area contributed by atoms with E-state index in [-0.39, 0.29) is 5.91 Å². The predicted octanol–water partition coefficient (Wildman–Crippen LogP) is 5.74. The van der Waals surface area contributed by atoms with Crippen molar-refractivity contribution in [2.75, 3.05) is 19.6 Å². The second kappa shape index (κ2) is 12.1. The van der Waals surface area contributed by atoms with Crippen LogP contribution in [0.3, 0.4) is 0 Å². The Hall–Kier alpha value is -2.70. The number of thioether (sulfide) groups is 1. The number of aryl methyl sites for hydroxylation is 1. The van der Waals surface area contributed by atoms with Gasteiger partial charge in [-0.1, -0.05) is 60.1 Å². The van der Waals surface area contributed by atoms with Crippen LogP contribution in [0, 0.1) is 6.92 Å². The lowest BCUT2D eigenvalue weighted by molar-refractivity contribution is 0.0949. The molecule has 1 fully saturated rings. The SMILES string of the molecule is Cc1ccc(-c2ccc(SCc3cccc(C(=O)NCCCN4CCCC[C@@H]4C)c3)nn2)cc1. The minimum atomic E-state index is 0.000727. The molecule has 2 aromatic carbocycles. The summed E-state index contributed by atoms with van der Waals surface area (Å²) in [5.74, 6) is 0.743. The number of amides is 1. The van der Waals surface area contributed by atoms with Gasteiger partial charge in [0, 0.05) is 36.0 Å². The Labute approximate surface area is 207 Å². The number of hydrogen-bond acceptors (Lipinski definition) is 5. The fourth-order valence-electron chi connectivity index (χ4n) is 4.31. The largest absolute Gasteiger partial charge is 0.352 e. The van der Waals surface area contributed by atoms with Crippen molar-refractivity contribution in [3.63, 3.8) is 0 Å². The van der Waals surface area contributed by atoms with Gasteiger partial charge >= 0.3 is 0 Å². The van der Waals surface area contributed by atoms with E-state index in [1.54, 1.807) is 11.8 Å². The van der Waals surface area contributed by atoms with Gasteiger partial charge in [-0.15, -0.1) is 10.2 Å². The van der Waals surface area contributed by atoms with Gasteiger partial charge in [-0.05, 0) is 69.5 Å². The summed E-state index contributed by atoms with van der Waals surface area (Å²) in [5, 5.41) is 12.7. The number of likely N-dealkylation sites (tertiary alicyclic amines) is 1. The summed E-state index contributed by atoms with van der Waals surface area (Å²) in [7, 11) is 0. The maximum atomic E-state index is 12.6. The lowest BCUT2D eigenvalue weighted by Gasteiger charge is -2.33. The molecule has 0 unspecified atom stereocenters. The highest BCUT2D eigenvalue weighted by Gasteiger charge is 2.17. The second-order valence-electron chi connectivity index (χ2n) is 9.10. The molecule has 1 N–H and O–H groups in total. The third-order valence-corrected chi connectivity index (χ3v) is 7.40. The minimum absolute atomic E-state index is 0.000727. The zero-order chi connectivity index (χ0) is 23.8. The molecule has 5 nitrogen and oxygen atoms in total. The van der Waals surface area contributed by atoms with Gasteiger partial charge in [0.15, 0.2) is 0 Å². The molecule has 1 atom stereocenters. The van der Waals surface area contributed by atoms with Crippen LogP contribution in [0.2, 0.25) is 0 Å². The van der Waals surface area contributed by atoms with Crippen LogP contribution in [0.4, 0.5) is 0 Å². The zero-order valence-corrected chi connectivity index (χ0v) is 21.0. The molecule has 2 heterocycles. The molecule has 4 rings (SSSR count). The van der Waals surface area contributed by atoms with Crippen LogP contribution in [-0.4, -0.2) is 46.7 Å². The summed E-state index contributed by atoms with van der Waals surface area (Å²) in [6.45, 7) is 7.34. The summed E-state index contributed by atoms with van der Waals surface area (Å²) < 4.78 is 0. The Morgan fingerprint density at radius 3 is 2.71 bits per heavy atom. The maximum Gasteiger partial charge on any atom is 0.251 e. The minimum Gasteiger partial charge on any atom is -0.352 e. The van der Waals surface area contributed by atoms with Crippen LogP contribution in [0.5, 0.6) is 0 Å². The first kappa shape index (κ1) is 24.4. The highest BCUT2D eigenvalue weighted by molar-refractivity contribution is 7.98. The molecule has 1 aromatic heterocycles. The molecule has 0 bridgehead atoms. The summed E-state index contributed by atoms with van der Waals surface area (Å²) in [6.07, 6.45) is 4.92. The Morgan fingerprint density at radius 1 is 1.09 bits per heavy atom. The van der Waals surface area contributed by atoms with E-state index in [0.717, 1.165) is 40.6 Å². The number of carbonyl (C=O) groups is 1. The lowest BCUT2D eigenvalue weighted by Crippen LogP contribution is -2.39. The van der Waals surface area contributed by atoms with Crippen LogP contribution in [0.25, 0.3) is 11.3 Å². The predicted molar refractivity (Wildman–Crippen MR) is 140 cm³/mol. The fraction of sp³-hybridized carbons (Fsp3) is 0.393. The van der Waals surface area contributed by atoms with E-state index in [0.29, 0.717) is 18.2 Å². The van der Waals surface area contributed by atoms with Crippen LogP contribution < -0.4 is 5.32 Å². The van der Waals surface area contributed by atoms with E-state index >= 15 is 0 Å². The number of piperidine rings is 1. The van der Waals surface area contributed by atoms with Crippen molar-refractivity contribution in [3.05, 3.63) is 77.4 Å². The second-order valence-corrected chi connectivity index (χ2v) is 10.1. The van der Waals surface area contributed by atoms with Crippen molar-refractivity contribution in [1.82, 2.24) is 20.4 Å². The summed E-state index contributed by atoms with van der Waals surface area (Å²) in [4.78, 5) is 15.2. The van der Waals surface area contributed by atoms with E-state index in [4.69, 9.17) is 0 Å². The van der Waals surface area contributed by atoms with E-state index in [9.17, 15) is 4.79 Å². The van der Waals surface area contributed by atoms with Gasteiger partial charge in [0.2, 0.25) is 0 Å². The maximum absolute atomic E-state index is 12.6. The summed E-state index contributed by atoms with van der Waals surface area (Å²) in [6, 6.07) is 20.8. The van der Waals surface area contributed by atoms with E-state index in [1.807, 2.05) is 30.3 Å². The van der Waals surface area contributed by atoms with Gasteiger partial charge in [0.1, 0.15) is 5.03 Å². The molecule has 0 radical (unpaired) electrons. The number of hydrogen-bond donors (Lipinski definition) is 1. The molecule has 0 aliphatic carbocycles. The van der Waals surface area contributed by atoms with Gasteiger partial charge in [-0.2, -0.15) is 0 Å². The van der Waals surface area contributed by atoms with E-state index in [2.05, 4.69) is 64.6 Å². The average molecular weight is 475 g/mol. The Kier molecular flexibility index (Phi) is 8.72. The smallest absolute Gasteiger partial charge is 0.251 e. The van der Waals surface area contributed by atoms with Crippen molar-refractivity contribution >= 4 is 17.7 Å². The lowest BCUT2D eigenvalue weighted by atomic mass is 10.0. The summed E-state index contributed by atoms with van der Waals surface area (Å²) >= 11 is 1.63. The molecule has 1 saturated heterocycles. The molecule has 6 heteroatoms. The molecule has 1 amide bonds. The molecule has 1 aliphatic heterocycles. The number of rotatable bonds is 9. The van der Waals surface area contributed by atoms with Crippen LogP contribution >= 0.6 is 11.8 Å². The standard InChI is InChI=1S/C28H34N4OS/c1-21-10-12-24(13-11-21)26-14-15-27(31-30-26)34-20-23-8-5-9-25(19-23)28(33)29-16-6-18-32-17-4-3-7-22(32)2/h5,8-15,19,22H,3-4,6-7,16-18,20H2,1-2H3,(H,29,33)/t22-/m0/s1. The van der Waals surface area contributed by atoms with Crippen molar-refractivity contribution in [1.29, 1.82) is 0 Å². The Bertz CT molecular complexity index is 1070. The third kappa shape index (κ3) is 6.90. The zero-order valence-electron chi connectivity index (χ0n) is 20.2. The van der Waals surface area contributed by atoms with Gasteiger partial charge in [0.05, 0.1) is 5.69 Å². The van der Waals surface area contributed by atoms with Crippen molar-refractivity contribution in [2.24, 2.45) is 0 Å². The quantitative estimate of drug-likeness (QED) is 0.317. The molecule has 34 heavy (non-hydrogen) atoms. The van der Waals surface area contributed by atoms with E-state index < -0.39 is 0 Å². The number of nitrogens with zero attached hydrogens (tertiary/aromatic N) is 3. The highest BCUT2D eigenvalue weighted by atomic mass is 32.2. The van der Waals surface area contributed by atoms with Gasteiger partial charge in [-0.3, -0.25) is 4.79 Å². The Morgan fingerprint density at radius 2 is 1.94 bits per heavy atom. The molecule has 3 aromatic rings. The fourth-order valence-corrected chi connectivity index (χ4v) is 5.07. The van der Waals surface area contributed by atoms with Crippen molar-refractivity contribution in [2.45, 2.75) is 56.4 Å². The van der Waals surface area contributed by atoms with Gasteiger partial charge in [0.25, 0.3) is 5.91 Å². The first-order chi connectivity index (χ1) is 16.6. The number of nitrogens with one attached hydrogen (secondary N) is 1. The van der Waals surface area contributed by atoms with E-state index in [1.165, 1.54) is 31.4 Å². The topological polar surface area (TPSA) is 58.1 Å². The normalized spacial score (nSPS) is 16.4. The summed E-state index contributed by atoms with van der Waals surface area (Å²) in [5.41, 5.74) is 4.98. The number of carbonyl (C=O) groups excluding carboxylic acids is 1.